The van der Waals surface area contributed by atoms with E-state index >= 15 is 0 Å². The van der Waals surface area contributed by atoms with Crippen molar-refractivity contribution < 1.29 is 0 Å². The molecule has 0 amide bonds. The SMILES string of the molecule is CCCNC(C)(C#N)CCCCN(C)CC1CC1. The molecule has 1 fully saturated rings. The van der Waals surface area contributed by atoms with Crippen molar-refractivity contribution in [2.75, 3.05) is 26.7 Å². The molecule has 1 aliphatic rings. The highest BCUT2D eigenvalue weighted by Crippen LogP contribution is 2.29. The van der Waals surface area contributed by atoms with Crippen LogP contribution in [0.2, 0.25) is 0 Å². The van der Waals surface area contributed by atoms with Gasteiger partial charge in [0.05, 0.1) is 6.07 Å². The van der Waals surface area contributed by atoms with Gasteiger partial charge in [0.1, 0.15) is 5.54 Å². The summed E-state index contributed by atoms with van der Waals surface area (Å²) in [5.41, 5.74) is -0.328. The molecule has 0 bridgehead atoms. The quantitative estimate of drug-likeness (QED) is 0.607. The van der Waals surface area contributed by atoms with Gasteiger partial charge in [-0.25, -0.2) is 0 Å². The molecule has 1 unspecified atom stereocenters. The third-order valence-electron chi connectivity index (χ3n) is 3.75. The summed E-state index contributed by atoms with van der Waals surface area (Å²) in [7, 11) is 2.22. The first kappa shape index (κ1) is 15.5. The van der Waals surface area contributed by atoms with Crippen LogP contribution in [0.25, 0.3) is 0 Å². The van der Waals surface area contributed by atoms with Gasteiger partial charge in [0.2, 0.25) is 0 Å². The van der Waals surface area contributed by atoms with Crippen molar-refractivity contribution in [2.24, 2.45) is 5.92 Å². The Bertz CT molecular complexity index is 267. The van der Waals surface area contributed by atoms with E-state index in [-0.39, 0.29) is 5.54 Å². The Morgan fingerprint density at radius 2 is 2.11 bits per heavy atom. The Labute approximate surface area is 113 Å². The predicted molar refractivity (Wildman–Crippen MR) is 76.4 cm³/mol. The Balaban J connectivity index is 2.08. The maximum Gasteiger partial charge on any atom is 0.103 e. The van der Waals surface area contributed by atoms with Gasteiger partial charge >= 0.3 is 0 Å². The van der Waals surface area contributed by atoms with E-state index in [2.05, 4.69) is 30.3 Å². The number of rotatable bonds is 10. The second-order valence-corrected chi connectivity index (χ2v) is 6.03. The minimum Gasteiger partial charge on any atom is -0.306 e. The summed E-state index contributed by atoms with van der Waals surface area (Å²) in [4.78, 5) is 2.45. The van der Waals surface area contributed by atoms with Crippen LogP contribution in [-0.4, -0.2) is 37.1 Å². The minimum absolute atomic E-state index is 0.328. The van der Waals surface area contributed by atoms with E-state index in [1.54, 1.807) is 0 Å². The van der Waals surface area contributed by atoms with E-state index in [1.807, 2.05) is 6.92 Å². The maximum absolute atomic E-state index is 9.22. The molecular formula is C15H29N3. The summed E-state index contributed by atoms with van der Waals surface area (Å²) in [6, 6.07) is 2.42. The van der Waals surface area contributed by atoms with E-state index in [0.29, 0.717) is 0 Å². The Hall–Kier alpha value is -0.590. The standard InChI is InChI=1S/C15H29N3/c1-4-10-17-15(2,13-16)9-5-6-11-18(3)12-14-7-8-14/h14,17H,4-12H2,1-3H3. The van der Waals surface area contributed by atoms with Crippen LogP contribution < -0.4 is 5.32 Å². The highest BCUT2D eigenvalue weighted by Gasteiger charge is 2.23. The van der Waals surface area contributed by atoms with Gasteiger partial charge in [0.25, 0.3) is 0 Å². The fraction of sp³-hybridized carbons (Fsp3) is 0.933. The molecular weight excluding hydrogens is 222 g/mol. The molecule has 1 rings (SSSR count). The van der Waals surface area contributed by atoms with Crippen molar-refractivity contribution >= 4 is 0 Å². The molecule has 0 aromatic heterocycles. The van der Waals surface area contributed by atoms with Crippen LogP contribution >= 0.6 is 0 Å². The zero-order valence-corrected chi connectivity index (χ0v) is 12.3. The Kier molecular flexibility index (Phi) is 6.67. The van der Waals surface area contributed by atoms with Crippen LogP contribution in [0.15, 0.2) is 0 Å². The van der Waals surface area contributed by atoms with Gasteiger partial charge < -0.3 is 4.90 Å². The van der Waals surface area contributed by atoms with Crippen LogP contribution in [0.5, 0.6) is 0 Å². The van der Waals surface area contributed by atoms with Gasteiger partial charge in [0, 0.05) is 6.54 Å². The van der Waals surface area contributed by atoms with E-state index in [9.17, 15) is 5.26 Å². The van der Waals surface area contributed by atoms with Crippen LogP contribution in [-0.2, 0) is 0 Å². The third-order valence-corrected chi connectivity index (χ3v) is 3.75. The molecule has 0 aromatic rings. The number of hydrogen-bond donors (Lipinski definition) is 1. The number of nitrogens with zero attached hydrogens (tertiary/aromatic N) is 2. The third kappa shape index (κ3) is 6.37. The molecule has 1 N–H and O–H groups in total. The van der Waals surface area contributed by atoms with E-state index in [0.717, 1.165) is 31.7 Å². The summed E-state index contributed by atoms with van der Waals surface area (Å²) in [5.74, 6) is 0.977. The van der Waals surface area contributed by atoms with Crippen LogP contribution in [0.3, 0.4) is 0 Å². The summed E-state index contributed by atoms with van der Waals surface area (Å²) in [6.45, 7) is 7.54. The normalized spacial score (nSPS) is 18.6. The van der Waals surface area contributed by atoms with E-state index < -0.39 is 0 Å². The van der Waals surface area contributed by atoms with Gasteiger partial charge in [-0.3, -0.25) is 5.32 Å². The van der Waals surface area contributed by atoms with E-state index in [1.165, 1.54) is 32.4 Å². The molecule has 0 heterocycles. The number of unbranched alkanes of at least 4 members (excludes halogenated alkanes) is 1. The fourth-order valence-electron chi connectivity index (χ4n) is 2.28. The van der Waals surface area contributed by atoms with Crippen molar-refractivity contribution in [1.29, 1.82) is 5.26 Å². The first-order chi connectivity index (χ1) is 8.59. The van der Waals surface area contributed by atoms with Crippen LogP contribution in [0, 0.1) is 17.2 Å². The van der Waals surface area contributed by atoms with Crippen molar-refractivity contribution in [3.63, 3.8) is 0 Å². The second kappa shape index (κ2) is 7.76. The molecule has 0 radical (unpaired) electrons. The van der Waals surface area contributed by atoms with Crippen LogP contribution in [0.1, 0.15) is 52.4 Å². The highest BCUT2D eigenvalue weighted by atomic mass is 15.1. The van der Waals surface area contributed by atoms with Gasteiger partial charge in [0.15, 0.2) is 0 Å². The minimum atomic E-state index is -0.328. The zero-order chi connectivity index (χ0) is 13.4. The topological polar surface area (TPSA) is 39.1 Å². The molecule has 1 saturated carbocycles. The molecule has 104 valence electrons. The molecule has 3 nitrogen and oxygen atoms in total. The smallest absolute Gasteiger partial charge is 0.103 e. The molecule has 1 aliphatic carbocycles. The summed E-state index contributed by atoms with van der Waals surface area (Å²) in [6.07, 6.45) is 7.24. The lowest BCUT2D eigenvalue weighted by Crippen LogP contribution is -2.41. The lowest BCUT2D eigenvalue weighted by atomic mass is 9.96. The van der Waals surface area contributed by atoms with Crippen LogP contribution in [0.4, 0.5) is 0 Å². The first-order valence-corrected chi connectivity index (χ1v) is 7.44. The number of hydrogen-bond acceptors (Lipinski definition) is 3. The molecule has 0 aromatic carbocycles. The number of nitriles is 1. The molecule has 0 saturated heterocycles. The molecule has 0 aliphatic heterocycles. The largest absolute Gasteiger partial charge is 0.306 e. The predicted octanol–water partition coefficient (Wildman–Crippen LogP) is 2.78. The molecule has 3 heteroatoms. The average molecular weight is 251 g/mol. The Morgan fingerprint density at radius 3 is 2.67 bits per heavy atom. The van der Waals surface area contributed by atoms with Gasteiger partial charge in [-0.2, -0.15) is 5.26 Å². The highest BCUT2D eigenvalue weighted by molar-refractivity contribution is 5.03. The molecule has 1 atom stereocenters. The Morgan fingerprint density at radius 1 is 1.39 bits per heavy atom. The van der Waals surface area contributed by atoms with Gasteiger partial charge in [-0.1, -0.05) is 6.92 Å². The lowest BCUT2D eigenvalue weighted by Gasteiger charge is -2.23. The van der Waals surface area contributed by atoms with Crippen molar-refractivity contribution in [2.45, 2.75) is 57.9 Å². The van der Waals surface area contributed by atoms with Gasteiger partial charge in [-0.15, -0.1) is 0 Å². The average Bonchev–Trinajstić information content (AvgIpc) is 3.16. The molecule has 18 heavy (non-hydrogen) atoms. The molecule has 0 spiro atoms. The van der Waals surface area contributed by atoms with Crippen molar-refractivity contribution in [3.05, 3.63) is 0 Å². The van der Waals surface area contributed by atoms with Gasteiger partial charge in [-0.05, 0) is 71.5 Å². The lowest BCUT2D eigenvalue weighted by molar-refractivity contribution is 0.303. The first-order valence-electron chi connectivity index (χ1n) is 7.44. The maximum atomic E-state index is 9.22. The monoisotopic (exact) mass is 251 g/mol. The summed E-state index contributed by atoms with van der Waals surface area (Å²) >= 11 is 0. The second-order valence-electron chi connectivity index (χ2n) is 6.03. The summed E-state index contributed by atoms with van der Waals surface area (Å²) in [5, 5.41) is 12.6. The zero-order valence-electron chi connectivity index (χ0n) is 12.3. The fourth-order valence-corrected chi connectivity index (χ4v) is 2.28. The number of nitrogens with one attached hydrogen (secondary N) is 1. The van der Waals surface area contributed by atoms with Crippen molar-refractivity contribution in [3.8, 4) is 6.07 Å². The van der Waals surface area contributed by atoms with E-state index in [4.69, 9.17) is 0 Å². The summed E-state index contributed by atoms with van der Waals surface area (Å²) < 4.78 is 0. The van der Waals surface area contributed by atoms with Crippen molar-refractivity contribution in [1.82, 2.24) is 10.2 Å².